The molecule has 2 N–H and O–H groups in total. The molecule has 30 heavy (non-hydrogen) atoms. The van der Waals surface area contributed by atoms with Crippen molar-refractivity contribution in [1.29, 1.82) is 0 Å². The van der Waals surface area contributed by atoms with Gasteiger partial charge in [-0.1, -0.05) is 57.4 Å². The third-order valence-electron chi connectivity index (χ3n) is 6.29. The molecule has 2 aliphatic carbocycles. The smallest absolute Gasteiger partial charge is 0.233 e. The highest BCUT2D eigenvalue weighted by atomic mass is 16.3. The number of carbonyl (C=O) groups excluding carboxylic acids is 2. The zero-order valence-electron chi connectivity index (χ0n) is 19.4. The van der Waals surface area contributed by atoms with Gasteiger partial charge in [-0.25, -0.2) is 0 Å². The molecule has 2 aliphatic rings. The minimum atomic E-state index is -0.546. The van der Waals surface area contributed by atoms with E-state index in [1.165, 1.54) is 5.57 Å². The fourth-order valence-electron chi connectivity index (χ4n) is 4.44. The first kappa shape index (κ1) is 24.2. The number of unbranched alkanes of at least 4 members (excludes halogenated alkanes) is 2. The fraction of sp³-hybridized carbons (Fsp3) is 0.615. The molecule has 0 saturated carbocycles. The van der Waals surface area contributed by atoms with Crippen molar-refractivity contribution in [3.8, 4) is 0 Å². The van der Waals surface area contributed by atoms with Gasteiger partial charge in [0, 0.05) is 18.0 Å². The van der Waals surface area contributed by atoms with Gasteiger partial charge in [-0.2, -0.15) is 0 Å². The van der Waals surface area contributed by atoms with Crippen LogP contribution in [0, 0.1) is 17.8 Å². The summed E-state index contributed by atoms with van der Waals surface area (Å²) in [7, 11) is 0. The van der Waals surface area contributed by atoms with Gasteiger partial charge >= 0.3 is 0 Å². The molecule has 0 aliphatic heterocycles. The summed E-state index contributed by atoms with van der Waals surface area (Å²) in [6.07, 6.45) is 8.17. The second-order valence-electron chi connectivity index (χ2n) is 9.37. The number of nitrogens with one attached hydrogen (secondary N) is 1. The molecule has 0 saturated heterocycles. The van der Waals surface area contributed by atoms with Crippen LogP contribution >= 0.6 is 0 Å². The Labute approximate surface area is 182 Å². The number of rotatable bonds is 10. The highest BCUT2D eigenvalue weighted by Gasteiger charge is 2.41. The normalized spacial score (nSPS) is 22.7. The first-order valence-electron chi connectivity index (χ1n) is 11.5. The Bertz CT molecular complexity index is 782. The Morgan fingerprint density at radius 1 is 1.27 bits per heavy atom. The zero-order valence-corrected chi connectivity index (χ0v) is 19.4. The monoisotopic (exact) mass is 413 g/mol. The van der Waals surface area contributed by atoms with Crippen LogP contribution in [-0.4, -0.2) is 23.2 Å². The summed E-state index contributed by atoms with van der Waals surface area (Å²) < 4.78 is 0. The van der Waals surface area contributed by atoms with Gasteiger partial charge in [0.25, 0.3) is 0 Å². The summed E-state index contributed by atoms with van der Waals surface area (Å²) in [5.74, 6) is -0.770. The second-order valence-corrected chi connectivity index (χ2v) is 9.37. The average molecular weight is 414 g/mol. The van der Waals surface area contributed by atoms with Crippen molar-refractivity contribution >= 4 is 11.6 Å². The fourth-order valence-corrected chi connectivity index (χ4v) is 4.44. The molecule has 0 fully saturated rings. The van der Waals surface area contributed by atoms with Gasteiger partial charge in [0.1, 0.15) is 5.76 Å². The molecule has 0 radical (unpaired) electrons. The lowest BCUT2D eigenvalue weighted by Gasteiger charge is -2.34. The van der Waals surface area contributed by atoms with Gasteiger partial charge in [-0.05, 0) is 57.8 Å². The summed E-state index contributed by atoms with van der Waals surface area (Å²) in [5.41, 5.74) is 3.34. The second kappa shape index (κ2) is 10.8. The van der Waals surface area contributed by atoms with E-state index in [1.54, 1.807) is 0 Å². The molecule has 0 amide bonds. The average Bonchev–Trinajstić information content (AvgIpc) is 2.67. The number of allylic oxidation sites excluding steroid dienone is 5. The van der Waals surface area contributed by atoms with Crippen LogP contribution in [0.1, 0.15) is 79.6 Å². The number of hydrogen-bond donors (Lipinski definition) is 2. The lowest BCUT2D eigenvalue weighted by atomic mass is 9.70. The molecule has 2 rings (SSSR count). The Morgan fingerprint density at radius 2 is 1.97 bits per heavy atom. The summed E-state index contributed by atoms with van der Waals surface area (Å²) in [6.45, 7) is 15.2. The van der Waals surface area contributed by atoms with Crippen molar-refractivity contribution in [1.82, 2.24) is 5.32 Å². The van der Waals surface area contributed by atoms with Crippen molar-refractivity contribution in [2.45, 2.75) is 79.6 Å². The van der Waals surface area contributed by atoms with Crippen LogP contribution in [0.2, 0.25) is 0 Å². The number of ketones is 2. The molecule has 0 unspecified atom stereocenters. The lowest BCUT2D eigenvalue weighted by molar-refractivity contribution is -0.133. The van der Waals surface area contributed by atoms with Gasteiger partial charge in [0.2, 0.25) is 11.6 Å². The van der Waals surface area contributed by atoms with E-state index >= 15 is 0 Å². The third-order valence-corrected chi connectivity index (χ3v) is 6.29. The molecule has 166 valence electrons. The summed E-state index contributed by atoms with van der Waals surface area (Å²) >= 11 is 0. The minimum Gasteiger partial charge on any atom is -0.505 e. The molecule has 4 nitrogen and oxygen atoms in total. The number of Topliss-reactive ketones (excluding diaryl/α,β-unsaturated/α-hetero) is 2. The van der Waals surface area contributed by atoms with Crippen molar-refractivity contribution in [2.24, 2.45) is 17.8 Å². The van der Waals surface area contributed by atoms with Crippen molar-refractivity contribution in [2.75, 3.05) is 6.54 Å². The number of hydrogen-bond acceptors (Lipinski definition) is 4. The maximum atomic E-state index is 13.2. The van der Waals surface area contributed by atoms with Gasteiger partial charge in [0.05, 0.1) is 11.3 Å². The molecule has 0 bridgehead atoms. The lowest BCUT2D eigenvalue weighted by Crippen LogP contribution is -2.36. The molecule has 4 heteroatoms. The van der Waals surface area contributed by atoms with Crippen molar-refractivity contribution in [3.05, 3.63) is 46.4 Å². The largest absolute Gasteiger partial charge is 0.505 e. The van der Waals surface area contributed by atoms with Crippen LogP contribution < -0.4 is 5.32 Å². The van der Waals surface area contributed by atoms with Crippen molar-refractivity contribution < 1.29 is 14.7 Å². The molecule has 0 aromatic rings. The van der Waals surface area contributed by atoms with Crippen LogP contribution in [0.25, 0.3) is 0 Å². The Morgan fingerprint density at radius 3 is 2.57 bits per heavy atom. The highest BCUT2D eigenvalue weighted by molar-refractivity contribution is 6.50. The van der Waals surface area contributed by atoms with Gasteiger partial charge in [0.15, 0.2) is 0 Å². The number of aliphatic hydroxyl groups is 1. The molecule has 0 aromatic heterocycles. The van der Waals surface area contributed by atoms with E-state index in [2.05, 4.69) is 32.7 Å². The maximum absolute atomic E-state index is 13.2. The topological polar surface area (TPSA) is 66.4 Å². The third kappa shape index (κ3) is 5.53. The van der Waals surface area contributed by atoms with Crippen LogP contribution in [0.15, 0.2) is 46.4 Å². The first-order chi connectivity index (χ1) is 14.2. The maximum Gasteiger partial charge on any atom is 0.233 e. The van der Waals surface area contributed by atoms with Gasteiger partial charge < -0.3 is 10.4 Å². The SMILES string of the molecule is C=C(C)[C@@H]1CCC(C)=C[C@H]1C1=C(O)C(NCCC(C)C)=C(CCCCC)C(=O)C1=O. The summed E-state index contributed by atoms with van der Waals surface area (Å²) in [6, 6.07) is 0. The predicted molar refractivity (Wildman–Crippen MR) is 123 cm³/mol. The Hall–Kier alpha value is -2.10. The van der Waals surface area contributed by atoms with Crippen LogP contribution in [0.5, 0.6) is 0 Å². The van der Waals surface area contributed by atoms with E-state index in [-0.39, 0.29) is 23.2 Å². The molecular formula is C26H39NO3. The standard InChI is InChI=1S/C26H39NO3/c1-7-8-9-10-20-23(27-14-13-16(2)3)25(29)22(26(30)24(20)28)21-15-18(6)11-12-19(21)17(4)5/h15-16,19,21,27,29H,4,7-14H2,1-3,5-6H3/t19-,21+/m0/s1. The number of carbonyl (C=O) groups is 2. The predicted octanol–water partition coefficient (Wildman–Crippen LogP) is 5.97. The van der Waals surface area contributed by atoms with Gasteiger partial charge in [-0.3, -0.25) is 9.59 Å². The molecule has 0 heterocycles. The molecular weight excluding hydrogens is 374 g/mol. The van der Waals surface area contributed by atoms with E-state index < -0.39 is 11.6 Å². The molecule has 0 aromatic carbocycles. The minimum absolute atomic E-state index is 0.0305. The van der Waals surface area contributed by atoms with E-state index in [9.17, 15) is 14.7 Å². The van der Waals surface area contributed by atoms with E-state index in [0.717, 1.165) is 44.1 Å². The highest BCUT2D eigenvalue weighted by Crippen LogP contribution is 2.41. The summed E-state index contributed by atoms with van der Waals surface area (Å²) in [4.78, 5) is 26.3. The molecule has 2 atom stereocenters. The zero-order chi connectivity index (χ0) is 22.4. The molecule has 0 spiro atoms. The van der Waals surface area contributed by atoms with Crippen molar-refractivity contribution in [3.63, 3.8) is 0 Å². The first-order valence-corrected chi connectivity index (χ1v) is 11.5. The Kier molecular flexibility index (Phi) is 8.69. The van der Waals surface area contributed by atoms with E-state index in [4.69, 9.17) is 0 Å². The summed E-state index contributed by atoms with van der Waals surface area (Å²) in [5, 5.41) is 14.6. The number of aliphatic hydroxyl groups excluding tert-OH is 1. The van der Waals surface area contributed by atoms with E-state index in [0.29, 0.717) is 30.2 Å². The van der Waals surface area contributed by atoms with Crippen LogP contribution in [0.3, 0.4) is 0 Å². The van der Waals surface area contributed by atoms with Gasteiger partial charge in [-0.15, -0.1) is 0 Å². The quantitative estimate of drug-likeness (QED) is 0.200. The van der Waals surface area contributed by atoms with Crippen LogP contribution in [-0.2, 0) is 9.59 Å². The van der Waals surface area contributed by atoms with Crippen LogP contribution in [0.4, 0.5) is 0 Å². The Balaban J connectivity index is 2.52. The van der Waals surface area contributed by atoms with E-state index in [1.807, 2.05) is 19.9 Å².